The maximum Gasteiger partial charge on any atom is 0.307 e. The van der Waals surface area contributed by atoms with Crippen molar-refractivity contribution in [1.29, 1.82) is 0 Å². The second-order valence-corrected chi connectivity index (χ2v) is 6.57. The van der Waals surface area contributed by atoms with E-state index in [1.165, 1.54) is 0 Å². The third-order valence-electron chi connectivity index (χ3n) is 1.57. The Morgan fingerprint density at radius 3 is 1.89 bits per heavy atom. The van der Waals surface area contributed by atoms with Gasteiger partial charge in [0, 0.05) is 0 Å². The van der Waals surface area contributed by atoms with Crippen LogP contribution >= 0.6 is 0 Å². The molecule has 1 atom stereocenters. The molecule has 0 bridgehead atoms. The minimum Gasteiger partial charge on any atom is -0.394 e. The summed E-state index contributed by atoms with van der Waals surface area (Å²) < 4.78 is 56.6. The van der Waals surface area contributed by atoms with Gasteiger partial charge in [-0.2, -0.15) is 16.8 Å². The number of nitrogens with zero attached hydrogens (tertiary/aromatic N) is 1. The Kier molecular flexibility index (Phi) is 10.2. The van der Waals surface area contributed by atoms with E-state index in [9.17, 15) is 16.8 Å². The summed E-state index contributed by atoms with van der Waals surface area (Å²) in [5, 5.41) is 16.6. The molecule has 0 saturated heterocycles. The molecule has 4 N–H and O–H groups in total. The van der Waals surface area contributed by atoms with Crippen molar-refractivity contribution in [3.63, 3.8) is 0 Å². The fourth-order valence-electron chi connectivity index (χ4n) is 0.631. The molecular formula is C8H19NO8S2. The summed E-state index contributed by atoms with van der Waals surface area (Å²) in [7, 11) is -7.92. The van der Waals surface area contributed by atoms with Crippen molar-refractivity contribution in [2.45, 2.75) is 26.4 Å². The lowest BCUT2D eigenvalue weighted by Crippen LogP contribution is -2.18. The highest BCUT2D eigenvalue weighted by Gasteiger charge is 2.09. The third-order valence-corrected chi connectivity index (χ3v) is 3.37. The highest BCUT2D eigenvalue weighted by molar-refractivity contribution is 8.01. The first-order valence-electron chi connectivity index (χ1n) is 5.16. The van der Waals surface area contributed by atoms with Gasteiger partial charge in [-0.05, 0) is 13.3 Å². The van der Waals surface area contributed by atoms with Gasteiger partial charge in [-0.25, -0.2) is 0 Å². The van der Waals surface area contributed by atoms with Gasteiger partial charge in [0.15, 0.2) is 5.04 Å². The molecule has 0 spiro atoms. The first-order chi connectivity index (χ1) is 8.44. The Balaban J connectivity index is 0. The largest absolute Gasteiger partial charge is 0.394 e. The molecule has 0 radical (unpaired) electrons. The van der Waals surface area contributed by atoms with E-state index in [4.69, 9.17) is 19.3 Å². The van der Waals surface area contributed by atoms with Gasteiger partial charge >= 0.3 is 10.1 Å². The van der Waals surface area contributed by atoms with Crippen LogP contribution in [0.4, 0.5) is 0 Å². The smallest absolute Gasteiger partial charge is 0.307 e. The zero-order valence-electron chi connectivity index (χ0n) is 10.6. The van der Waals surface area contributed by atoms with E-state index >= 15 is 0 Å². The molecule has 0 aromatic carbocycles. The summed E-state index contributed by atoms with van der Waals surface area (Å²) >= 11 is 0. The van der Waals surface area contributed by atoms with E-state index in [2.05, 4.69) is 4.99 Å². The van der Waals surface area contributed by atoms with Crippen molar-refractivity contribution in [2.24, 2.45) is 4.99 Å². The number of aliphatic imine (C=N–C) groups is 1. The van der Waals surface area contributed by atoms with Crippen LogP contribution < -0.4 is 0 Å². The van der Waals surface area contributed by atoms with Crippen LogP contribution in [0.3, 0.4) is 0 Å². The minimum absolute atomic E-state index is 0.132. The zero-order chi connectivity index (χ0) is 15.7. The summed E-state index contributed by atoms with van der Waals surface area (Å²) in [6.45, 7) is 2.04. The molecule has 0 rings (SSSR count). The van der Waals surface area contributed by atoms with Crippen molar-refractivity contribution in [2.75, 3.05) is 18.9 Å². The molecular weight excluding hydrogens is 302 g/mol. The van der Waals surface area contributed by atoms with Gasteiger partial charge in [-0.1, -0.05) is 6.92 Å². The molecule has 0 fully saturated rings. The standard InChI is InChI=1S/C5H11NO5S.C3H8O3S/c1-4(12(9,10)11)6-2-5(8)3-7;1-2-3-7(4,5)6/h5,7-8H,2-3H2,1H3,(H,9,10,11);2-3H2,1H3,(H,4,5,6)/b6-4-;. The van der Waals surface area contributed by atoms with E-state index < -0.39 is 38.0 Å². The molecule has 0 saturated carbocycles. The Morgan fingerprint density at radius 2 is 1.68 bits per heavy atom. The minimum atomic E-state index is -4.25. The first kappa shape index (κ1) is 20.7. The lowest BCUT2D eigenvalue weighted by molar-refractivity contribution is 0.102. The van der Waals surface area contributed by atoms with E-state index in [1.807, 2.05) is 0 Å². The van der Waals surface area contributed by atoms with Crippen molar-refractivity contribution in [3.05, 3.63) is 0 Å². The van der Waals surface area contributed by atoms with Gasteiger partial charge in [0.2, 0.25) is 0 Å². The SMILES string of the molecule is C/C(=N/CC(O)CO)S(=O)(=O)O.CCCS(=O)(=O)O. The van der Waals surface area contributed by atoms with Crippen LogP contribution in [0.25, 0.3) is 0 Å². The highest BCUT2D eigenvalue weighted by atomic mass is 32.2. The van der Waals surface area contributed by atoms with Crippen LogP contribution in [0.1, 0.15) is 20.3 Å². The van der Waals surface area contributed by atoms with Crippen LogP contribution in [0.15, 0.2) is 4.99 Å². The van der Waals surface area contributed by atoms with Crippen LogP contribution in [-0.4, -0.2) is 66.2 Å². The summed E-state index contributed by atoms with van der Waals surface area (Å²) in [6.07, 6.45) is -0.625. The topological polar surface area (TPSA) is 162 Å². The van der Waals surface area contributed by atoms with E-state index in [1.54, 1.807) is 6.92 Å². The van der Waals surface area contributed by atoms with Gasteiger partial charge in [-0.3, -0.25) is 14.1 Å². The zero-order valence-corrected chi connectivity index (χ0v) is 12.2. The predicted octanol–water partition coefficient (Wildman–Crippen LogP) is -1.07. The van der Waals surface area contributed by atoms with Crippen molar-refractivity contribution < 1.29 is 36.2 Å². The van der Waals surface area contributed by atoms with E-state index in [0.29, 0.717) is 6.42 Å². The average molecular weight is 321 g/mol. The normalized spacial score (nSPS) is 14.5. The number of rotatable bonds is 5. The lowest BCUT2D eigenvalue weighted by Gasteiger charge is -2.02. The molecule has 0 aliphatic carbocycles. The second-order valence-electron chi connectivity index (χ2n) is 3.46. The Bertz CT molecular complexity index is 467. The predicted molar refractivity (Wildman–Crippen MR) is 69.3 cm³/mol. The number of aliphatic hydroxyl groups is 2. The van der Waals surface area contributed by atoms with Crippen molar-refractivity contribution >= 4 is 25.3 Å². The lowest BCUT2D eigenvalue weighted by atomic mass is 10.4. The maximum absolute atomic E-state index is 10.3. The molecule has 0 heterocycles. The number of aliphatic hydroxyl groups excluding tert-OH is 2. The average Bonchev–Trinajstić information content (AvgIpc) is 2.23. The molecule has 9 nitrogen and oxygen atoms in total. The summed E-state index contributed by atoms with van der Waals surface area (Å²) in [5.41, 5.74) is 0. The van der Waals surface area contributed by atoms with Crippen molar-refractivity contribution in [1.82, 2.24) is 0 Å². The monoisotopic (exact) mass is 321 g/mol. The van der Waals surface area contributed by atoms with E-state index in [-0.39, 0.29) is 12.3 Å². The quantitative estimate of drug-likeness (QED) is 0.282. The summed E-state index contributed by atoms with van der Waals surface area (Å²) in [6, 6.07) is 0. The maximum atomic E-state index is 10.3. The Labute approximate surface area is 112 Å². The fraction of sp³-hybridized carbons (Fsp3) is 0.875. The van der Waals surface area contributed by atoms with E-state index in [0.717, 1.165) is 6.92 Å². The van der Waals surface area contributed by atoms with Crippen molar-refractivity contribution in [3.8, 4) is 0 Å². The first-order valence-corrected chi connectivity index (χ1v) is 8.21. The molecule has 11 heteroatoms. The Hall–Kier alpha value is -0.590. The van der Waals surface area contributed by atoms with Crippen LogP contribution in [0.5, 0.6) is 0 Å². The molecule has 0 aliphatic rings. The fourth-order valence-corrected chi connectivity index (χ4v) is 1.38. The molecule has 0 aliphatic heterocycles. The highest BCUT2D eigenvalue weighted by Crippen LogP contribution is 1.90. The molecule has 0 aromatic rings. The molecule has 19 heavy (non-hydrogen) atoms. The van der Waals surface area contributed by atoms with Gasteiger partial charge in [0.05, 0.1) is 25.0 Å². The van der Waals surface area contributed by atoms with Gasteiger partial charge in [0.1, 0.15) is 0 Å². The number of hydrogen-bond acceptors (Lipinski definition) is 7. The van der Waals surface area contributed by atoms with Gasteiger partial charge < -0.3 is 10.2 Å². The van der Waals surface area contributed by atoms with Gasteiger partial charge in [-0.15, -0.1) is 0 Å². The Morgan fingerprint density at radius 1 is 1.21 bits per heavy atom. The second kappa shape index (κ2) is 9.34. The van der Waals surface area contributed by atoms with Gasteiger partial charge in [0.25, 0.3) is 10.1 Å². The number of hydrogen-bond donors (Lipinski definition) is 4. The molecule has 0 aromatic heterocycles. The van der Waals surface area contributed by atoms with Crippen LogP contribution in [0.2, 0.25) is 0 Å². The summed E-state index contributed by atoms with van der Waals surface area (Å²) in [5.74, 6) is -0.132. The molecule has 0 amide bonds. The molecule has 116 valence electrons. The van der Waals surface area contributed by atoms with Crippen LogP contribution in [0, 0.1) is 0 Å². The summed E-state index contributed by atoms with van der Waals surface area (Å²) in [4.78, 5) is 3.33. The molecule has 1 unspecified atom stereocenters. The third kappa shape index (κ3) is 15.4. The van der Waals surface area contributed by atoms with Crippen LogP contribution in [-0.2, 0) is 20.2 Å².